The third-order valence-corrected chi connectivity index (χ3v) is 6.18. The molecular formula is C23H24BrClN2O3. The van der Waals surface area contributed by atoms with Crippen molar-refractivity contribution in [1.29, 1.82) is 0 Å². The zero-order chi connectivity index (χ0) is 21.8. The van der Waals surface area contributed by atoms with Crippen LogP contribution in [0.25, 0.3) is 5.76 Å². The highest BCUT2D eigenvalue weighted by Gasteiger charge is 2.45. The Bertz CT molecular complexity index is 953. The minimum Gasteiger partial charge on any atom is -0.507 e. The van der Waals surface area contributed by atoms with Gasteiger partial charge in [0.1, 0.15) is 5.76 Å². The summed E-state index contributed by atoms with van der Waals surface area (Å²) in [5.41, 5.74) is 1.32. The van der Waals surface area contributed by atoms with Gasteiger partial charge < -0.3 is 14.9 Å². The summed E-state index contributed by atoms with van der Waals surface area (Å²) in [4.78, 5) is 29.7. The SMILES string of the molecule is CCN(CC)CCN1C(=O)C(=O)C(=C(O)c2ccc(Cl)cc2)[C@H]1c1ccc(Br)cc1. The lowest BCUT2D eigenvalue weighted by atomic mass is 9.95. The van der Waals surface area contributed by atoms with Crippen LogP contribution in [-0.4, -0.2) is 52.8 Å². The molecule has 1 aliphatic heterocycles. The summed E-state index contributed by atoms with van der Waals surface area (Å²) in [5, 5.41) is 11.5. The first kappa shape index (κ1) is 22.5. The number of likely N-dealkylation sites (N-methyl/N-ethyl adjacent to an activating group) is 1. The van der Waals surface area contributed by atoms with E-state index in [1.54, 1.807) is 29.2 Å². The number of likely N-dealkylation sites (tertiary alicyclic amines) is 1. The fourth-order valence-corrected chi connectivity index (χ4v) is 4.04. The number of rotatable bonds is 7. The maximum atomic E-state index is 13.0. The Morgan fingerprint density at radius 1 is 1.07 bits per heavy atom. The summed E-state index contributed by atoms with van der Waals surface area (Å²) in [6, 6.07) is 13.4. The number of nitrogens with zero attached hydrogens (tertiary/aromatic N) is 2. The lowest BCUT2D eigenvalue weighted by molar-refractivity contribution is -0.140. The van der Waals surface area contributed by atoms with Crippen molar-refractivity contribution in [3.05, 3.63) is 74.7 Å². The second kappa shape index (κ2) is 9.77. The number of ketones is 1. The third-order valence-electron chi connectivity index (χ3n) is 5.39. The Balaban J connectivity index is 2.08. The first-order valence-electron chi connectivity index (χ1n) is 9.89. The monoisotopic (exact) mass is 490 g/mol. The fraction of sp³-hybridized carbons (Fsp3) is 0.304. The predicted octanol–water partition coefficient (Wildman–Crippen LogP) is 4.87. The molecule has 1 saturated heterocycles. The van der Waals surface area contributed by atoms with Crippen molar-refractivity contribution >= 4 is 45.0 Å². The summed E-state index contributed by atoms with van der Waals surface area (Å²) in [5.74, 6) is -1.45. The number of hydrogen-bond acceptors (Lipinski definition) is 4. The van der Waals surface area contributed by atoms with Crippen LogP contribution in [0.2, 0.25) is 5.02 Å². The summed E-state index contributed by atoms with van der Waals surface area (Å²) in [7, 11) is 0. The number of carbonyl (C=O) groups is 2. The molecule has 0 saturated carbocycles. The lowest BCUT2D eigenvalue weighted by Gasteiger charge is -2.28. The van der Waals surface area contributed by atoms with Gasteiger partial charge in [0.15, 0.2) is 0 Å². The molecule has 0 spiro atoms. The quantitative estimate of drug-likeness (QED) is 0.341. The Kier molecular flexibility index (Phi) is 7.34. The average molecular weight is 492 g/mol. The van der Waals surface area contributed by atoms with Gasteiger partial charge in [-0.3, -0.25) is 9.59 Å². The molecule has 3 rings (SSSR count). The van der Waals surface area contributed by atoms with Crippen LogP contribution < -0.4 is 0 Å². The van der Waals surface area contributed by atoms with Crippen LogP contribution in [0, 0.1) is 0 Å². The first-order valence-corrected chi connectivity index (χ1v) is 11.1. The van der Waals surface area contributed by atoms with Crippen LogP contribution in [0.5, 0.6) is 0 Å². The van der Waals surface area contributed by atoms with E-state index < -0.39 is 17.7 Å². The molecule has 0 aromatic heterocycles. The zero-order valence-electron chi connectivity index (χ0n) is 16.9. The van der Waals surface area contributed by atoms with Gasteiger partial charge in [-0.25, -0.2) is 0 Å². The molecule has 1 atom stereocenters. The maximum Gasteiger partial charge on any atom is 0.295 e. The van der Waals surface area contributed by atoms with E-state index in [-0.39, 0.29) is 11.3 Å². The summed E-state index contributed by atoms with van der Waals surface area (Å²) in [6.45, 7) is 6.87. The van der Waals surface area contributed by atoms with Gasteiger partial charge in [-0.1, -0.05) is 53.5 Å². The Labute approximate surface area is 190 Å². The van der Waals surface area contributed by atoms with E-state index in [2.05, 4.69) is 34.7 Å². The largest absolute Gasteiger partial charge is 0.507 e. The molecule has 0 unspecified atom stereocenters. The molecular weight excluding hydrogens is 468 g/mol. The van der Waals surface area contributed by atoms with Crippen molar-refractivity contribution in [2.45, 2.75) is 19.9 Å². The molecule has 1 N–H and O–H groups in total. The minimum atomic E-state index is -0.671. The molecule has 7 heteroatoms. The van der Waals surface area contributed by atoms with Gasteiger partial charge in [0.25, 0.3) is 11.7 Å². The van der Waals surface area contributed by atoms with Crippen molar-refractivity contribution in [1.82, 2.24) is 9.80 Å². The number of hydrogen-bond donors (Lipinski definition) is 1. The lowest BCUT2D eigenvalue weighted by Crippen LogP contribution is -2.38. The zero-order valence-corrected chi connectivity index (χ0v) is 19.3. The molecule has 5 nitrogen and oxygen atoms in total. The first-order chi connectivity index (χ1) is 14.4. The van der Waals surface area contributed by atoms with E-state index in [0.29, 0.717) is 23.7 Å². The van der Waals surface area contributed by atoms with Crippen LogP contribution >= 0.6 is 27.5 Å². The van der Waals surface area contributed by atoms with Crippen LogP contribution in [0.3, 0.4) is 0 Å². The second-order valence-electron chi connectivity index (χ2n) is 7.08. The summed E-state index contributed by atoms with van der Waals surface area (Å²) >= 11 is 9.37. The van der Waals surface area contributed by atoms with E-state index >= 15 is 0 Å². The molecule has 1 amide bonds. The fourth-order valence-electron chi connectivity index (χ4n) is 3.65. The molecule has 1 heterocycles. The second-order valence-corrected chi connectivity index (χ2v) is 8.43. The van der Waals surface area contributed by atoms with Gasteiger partial charge in [-0.05, 0) is 55.1 Å². The molecule has 1 aliphatic rings. The average Bonchev–Trinajstić information content (AvgIpc) is 3.00. The Morgan fingerprint density at radius 2 is 1.67 bits per heavy atom. The molecule has 158 valence electrons. The van der Waals surface area contributed by atoms with Crippen molar-refractivity contribution in [2.75, 3.05) is 26.2 Å². The van der Waals surface area contributed by atoms with E-state index in [4.69, 9.17) is 11.6 Å². The van der Waals surface area contributed by atoms with E-state index in [0.717, 1.165) is 23.1 Å². The number of Topliss-reactive ketones (excluding diaryl/α,β-unsaturated/α-hetero) is 1. The highest BCUT2D eigenvalue weighted by atomic mass is 79.9. The van der Waals surface area contributed by atoms with E-state index in [1.807, 2.05) is 24.3 Å². The Hall–Kier alpha value is -2.15. The highest BCUT2D eigenvalue weighted by Crippen LogP contribution is 2.39. The molecule has 1 fully saturated rings. The van der Waals surface area contributed by atoms with Gasteiger partial charge in [0.05, 0.1) is 11.6 Å². The van der Waals surface area contributed by atoms with Crippen LogP contribution in [0.4, 0.5) is 0 Å². The maximum absolute atomic E-state index is 13.0. The molecule has 2 aromatic rings. The van der Waals surface area contributed by atoms with Crippen LogP contribution in [0.15, 0.2) is 58.6 Å². The van der Waals surface area contributed by atoms with Crippen molar-refractivity contribution in [3.8, 4) is 0 Å². The molecule has 0 radical (unpaired) electrons. The van der Waals surface area contributed by atoms with E-state index in [9.17, 15) is 14.7 Å². The molecule has 30 heavy (non-hydrogen) atoms. The van der Waals surface area contributed by atoms with Gasteiger partial charge in [-0.2, -0.15) is 0 Å². The highest BCUT2D eigenvalue weighted by molar-refractivity contribution is 9.10. The molecule has 0 aliphatic carbocycles. The number of aliphatic hydroxyl groups is 1. The van der Waals surface area contributed by atoms with Crippen LogP contribution in [0.1, 0.15) is 31.0 Å². The standard InChI is InChI=1S/C23H24BrClN2O3/c1-3-26(4-2)13-14-27-20(15-5-9-17(24)10-6-15)19(22(29)23(27)30)21(28)16-7-11-18(25)12-8-16/h5-12,20,28H,3-4,13-14H2,1-2H3/t20-/m1/s1. The Morgan fingerprint density at radius 3 is 2.23 bits per heavy atom. The van der Waals surface area contributed by atoms with Crippen molar-refractivity contribution in [3.63, 3.8) is 0 Å². The van der Waals surface area contributed by atoms with Gasteiger partial charge in [0, 0.05) is 28.1 Å². The number of aliphatic hydroxyl groups excluding tert-OH is 1. The number of amides is 1. The van der Waals surface area contributed by atoms with E-state index in [1.165, 1.54) is 0 Å². The van der Waals surface area contributed by atoms with Crippen molar-refractivity contribution in [2.24, 2.45) is 0 Å². The topological polar surface area (TPSA) is 60.9 Å². The van der Waals surface area contributed by atoms with Gasteiger partial charge in [-0.15, -0.1) is 0 Å². The summed E-state index contributed by atoms with van der Waals surface area (Å²) in [6.07, 6.45) is 0. The third kappa shape index (κ3) is 4.61. The number of benzene rings is 2. The predicted molar refractivity (Wildman–Crippen MR) is 122 cm³/mol. The van der Waals surface area contributed by atoms with Gasteiger partial charge >= 0.3 is 0 Å². The summed E-state index contributed by atoms with van der Waals surface area (Å²) < 4.78 is 0.893. The van der Waals surface area contributed by atoms with Crippen molar-refractivity contribution < 1.29 is 14.7 Å². The number of halogens is 2. The normalized spacial score (nSPS) is 18.4. The molecule has 2 aromatic carbocycles. The number of carbonyl (C=O) groups excluding carboxylic acids is 2. The minimum absolute atomic E-state index is 0.101. The molecule has 0 bridgehead atoms. The smallest absolute Gasteiger partial charge is 0.295 e. The van der Waals surface area contributed by atoms with Gasteiger partial charge in [0.2, 0.25) is 0 Å². The van der Waals surface area contributed by atoms with Crippen LogP contribution in [-0.2, 0) is 9.59 Å².